The quantitative estimate of drug-likeness (QED) is 0.481. The number of fused-ring (bicyclic) bond motifs is 1. The molecule has 1 heterocycles. The lowest BCUT2D eigenvalue weighted by atomic mass is 10.00. The predicted molar refractivity (Wildman–Crippen MR) is 139 cm³/mol. The van der Waals surface area contributed by atoms with Crippen LogP contribution in [-0.2, 0) is 14.8 Å². The topological polar surface area (TPSA) is 81.8 Å². The standard InChI is InChI=1S/C26H28N4O3S/c1-29(2)17-18-30(34(3,32)33)21-15-13-20(14-16-21)27-25(19-9-5-4-6-10-19)24-22-11-7-8-12-23(22)28-26(24)31/h4-16,27H,17-18H2,1-3H3,(H,28,31). The molecule has 2 N–H and O–H groups in total. The predicted octanol–water partition coefficient (Wildman–Crippen LogP) is 3.95. The minimum Gasteiger partial charge on any atom is -0.354 e. The van der Waals surface area contributed by atoms with Crippen LogP contribution in [0, 0.1) is 0 Å². The highest BCUT2D eigenvalue weighted by molar-refractivity contribution is 7.92. The molecule has 176 valence electrons. The molecule has 0 saturated heterocycles. The van der Waals surface area contributed by atoms with Crippen LogP contribution in [0.3, 0.4) is 0 Å². The Bertz CT molecular complexity index is 1320. The summed E-state index contributed by atoms with van der Waals surface area (Å²) in [4.78, 5) is 14.9. The summed E-state index contributed by atoms with van der Waals surface area (Å²) in [6.07, 6.45) is 1.21. The van der Waals surface area contributed by atoms with Gasteiger partial charge in [0.1, 0.15) is 0 Å². The second-order valence-corrected chi connectivity index (χ2v) is 10.3. The average Bonchev–Trinajstić information content (AvgIpc) is 3.13. The molecule has 3 aromatic rings. The zero-order valence-corrected chi connectivity index (χ0v) is 20.3. The molecule has 3 aromatic carbocycles. The molecule has 0 radical (unpaired) electrons. The van der Waals surface area contributed by atoms with Crippen molar-refractivity contribution in [1.29, 1.82) is 0 Å². The lowest BCUT2D eigenvalue weighted by Crippen LogP contribution is -2.35. The van der Waals surface area contributed by atoms with Gasteiger partial charge in [-0.05, 0) is 50.0 Å². The van der Waals surface area contributed by atoms with Crippen LogP contribution in [0.4, 0.5) is 17.1 Å². The molecular formula is C26H28N4O3S. The number of benzene rings is 3. The molecule has 0 fully saturated rings. The van der Waals surface area contributed by atoms with E-state index in [4.69, 9.17) is 0 Å². The number of nitrogens with zero attached hydrogens (tertiary/aromatic N) is 2. The lowest BCUT2D eigenvalue weighted by molar-refractivity contribution is -0.110. The third-order valence-corrected chi connectivity index (χ3v) is 6.75. The maximum atomic E-state index is 12.9. The van der Waals surface area contributed by atoms with Crippen LogP contribution >= 0.6 is 0 Å². The van der Waals surface area contributed by atoms with Crippen molar-refractivity contribution in [2.75, 3.05) is 48.4 Å². The molecule has 1 amide bonds. The Morgan fingerprint density at radius 2 is 1.53 bits per heavy atom. The van der Waals surface area contributed by atoms with Crippen molar-refractivity contribution < 1.29 is 13.2 Å². The molecule has 0 aliphatic carbocycles. The molecule has 0 atom stereocenters. The minimum absolute atomic E-state index is 0.170. The van der Waals surface area contributed by atoms with Gasteiger partial charge in [0.25, 0.3) is 5.91 Å². The number of likely N-dealkylation sites (N-methyl/N-ethyl adjacent to an activating group) is 1. The Morgan fingerprint density at radius 3 is 2.18 bits per heavy atom. The molecule has 0 unspecified atom stereocenters. The van der Waals surface area contributed by atoms with Gasteiger partial charge < -0.3 is 15.5 Å². The summed E-state index contributed by atoms with van der Waals surface area (Å²) < 4.78 is 26.1. The third-order valence-electron chi connectivity index (χ3n) is 5.56. The summed E-state index contributed by atoms with van der Waals surface area (Å²) in [5, 5.41) is 6.34. The van der Waals surface area contributed by atoms with Crippen molar-refractivity contribution in [1.82, 2.24) is 4.90 Å². The van der Waals surface area contributed by atoms with Gasteiger partial charge in [-0.15, -0.1) is 0 Å². The Hall–Kier alpha value is -3.62. The average molecular weight is 477 g/mol. The van der Waals surface area contributed by atoms with Gasteiger partial charge in [0, 0.05) is 30.0 Å². The van der Waals surface area contributed by atoms with Crippen LogP contribution in [0.2, 0.25) is 0 Å². The highest BCUT2D eigenvalue weighted by Crippen LogP contribution is 2.37. The van der Waals surface area contributed by atoms with Crippen molar-refractivity contribution in [3.8, 4) is 0 Å². The van der Waals surface area contributed by atoms with Gasteiger partial charge >= 0.3 is 0 Å². The molecule has 0 bridgehead atoms. The minimum atomic E-state index is -3.42. The number of carbonyl (C=O) groups is 1. The van der Waals surface area contributed by atoms with Crippen molar-refractivity contribution in [3.05, 3.63) is 90.0 Å². The summed E-state index contributed by atoms with van der Waals surface area (Å²) >= 11 is 0. The van der Waals surface area contributed by atoms with Crippen molar-refractivity contribution in [2.24, 2.45) is 0 Å². The number of nitrogens with one attached hydrogen (secondary N) is 2. The molecule has 1 aliphatic heterocycles. The summed E-state index contributed by atoms with van der Waals surface area (Å²) in [7, 11) is 0.390. The number of hydrogen-bond donors (Lipinski definition) is 2. The molecule has 0 saturated carbocycles. The Morgan fingerprint density at radius 1 is 0.882 bits per heavy atom. The fourth-order valence-electron chi connectivity index (χ4n) is 3.88. The van der Waals surface area contributed by atoms with Crippen LogP contribution in [0.15, 0.2) is 78.9 Å². The number of anilines is 3. The fourth-order valence-corrected chi connectivity index (χ4v) is 4.80. The van der Waals surface area contributed by atoms with Crippen LogP contribution in [0.25, 0.3) is 11.3 Å². The van der Waals surface area contributed by atoms with Gasteiger partial charge in [-0.3, -0.25) is 9.10 Å². The molecule has 34 heavy (non-hydrogen) atoms. The van der Waals surface area contributed by atoms with Crippen molar-refractivity contribution in [3.63, 3.8) is 0 Å². The van der Waals surface area contributed by atoms with Crippen molar-refractivity contribution >= 4 is 44.3 Å². The van der Waals surface area contributed by atoms with Gasteiger partial charge in [-0.2, -0.15) is 0 Å². The Labute approximate surface area is 200 Å². The Kier molecular flexibility index (Phi) is 6.72. The highest BCUT2D eigenvalue weighted by Gasteiger charge is 2.28. The maximum Gasteiger partial charge on any atom is 0.258 e. The first-order valence-corrected chi connectivity index (χ1v) is 12.8. The molecule has 1 aliphatic rings. The smallest absolute Gasteiger partial charge is 0.258 e. The first kappa shape index (κ1) is 23.5. The summed E-state index contributed by atoms with van der Waals surface area (Å²) in [6, 6.07) is 24.5. The molecule has 4 rings (SSSR count). The number of amides is 1. The van der Waals surface area contributed by atoms with E-state index in [1.54, 1.807) is 12.1 Å². The van der Waals surface area contributed by atoms with Gasteiger partial charge in [-0.25, -0.2) is 8.42 Å². The monoisotopic (exact) mass is 476 g/mol. The van der Waals surface area contributed by atoms with Gasteiger partial charge in [-0.1, -0.05) is 48.5 Å². The van der Waals surface area contributed by atoms with E-state index in [1.165, 1.54) is 10.6 Å². The lowest BCUT2D eigenvalue weighted by Gasteiger charge is -2.24. The zero-order valence-electron chi connectivity index (χ0n) is 19.4. The summed E-state index contributed by atoms with van der Waals surface area (Å²) in [6.45, 7) is 0.959. The first-order chi connectivity index (χ1) is 16.2. The van der Waals surface area contributed by atoms with E-state index in [9.17, 15) is 13.2 Å². The maximum absolute atomic E-state index is 12.9. The SMILES string of the molecule is CN(C)CCN(c1ccc(NC(=C2C(=O)Nc3ccccc32)c2ccccc2)cc1)S(C)(=O)=O. The van der Waals surface area contributed by atoms with Gasteiger partial charge in [0.15, 0.2) is 0 Å². The number of para-hydroxylation sites is 1. The van der Waals surface area contributed by atoms with E-state index in [2.05, 4.69) is 10.6 Å². The van der Waals surface area contributed by atoms with E-state index < -0.39 is 10.0 Å². The Balaban J connectivity index is 1.71. The number of carbonyl (C=O) groups excluding carboxylic acids is 1. The number of rotatable bonds is 8. The van der Waals surface area contributed by atoms with Gasteiger partial charge in [0.2, 0.25) is 10.0 Å². The van der Waals surface area contributed by atoms with Crippen LogP contribution in [0.5, 0.6) is 0 Å². The molecule has 7 nitrogen and oxygen atoms in total. The van der Waals surface area contributed by atoms with Crippen LogP contribution in [-0.4, -0.2) is 52.7 Å². The first-order valence-electron chi connectivity index (χ1n) is 10.9. The van der Waals surface area contributed by atoms with Gasteiger partial charge in [0.05, 0.1) is 23.2 Å². The number of sulfonamides is 1. The van der Waals surface area contributed by atoms with E-state index in [0.29, 0.717) is 30.0 Å². The molecule has 8 heteroatoms. The normalized spacial score (nSPS) is 14.5. The molecule has 0 spiro atoms. The third kappa shape index (κ3) is 5.13. The fraction of sp³-hybridized carbons (Fsp3) is 0.192. The molecule has 0 aromatic heterocycles. The van der Waals surface area contributed by atoms with E-state index in [-0.39, 0.29) is 5.91 Å². The summed E-state index contributed by atoms with van der Waals surface area (Å²) in [5.74, 6) is -0.170. The number of hydrogen-bond acceptors (Lipinski definition) is 5. The van der Waals surface area contributed by atoms with E-state index >= 15 is 0 Å². The van der Waals surface area contributed by atoms with Crippen molar-refractivity contribution in [2.45, 2.75) is 0 Å². The van der Waals surface area contributed by atoms with E-state index in [0.717, 1.165) is 22.5 Å². The van der Waals surface area contributed by atoms with Crippen LogP contribution < -0.4 is 14.9 Å². The second-order valence-electron chi connectivity index (χ2n) is 8.43. The summed E-state index contributed by atoms with van der Waals surface area (Å²) in [5.41, 5.74) is 5.07. The largest absolute Gasteiger partial charge is 0.354 e. The zero-order chi connectivity index (χ0) is 24.3. The van der Waals surface area contributed by atoms with Crippen LogP contribution in [0.1, 0.15) is 11.1 Å². The van der Waals surface area contributed by atoms with E-state index in [1.807, 2.05) is 85.7 Å². The highest BCUT2D eigenvalue weighted by atomic mass is 32.2. The second kappa shape index (κ2) is 9.70. The molecular weight excluding hydrogens is 448 g/mol.